The number of aromatic nitrogens is 1. The lowest BCUT2D eigenvalue weighted by atomic mass is 10.2. The highest BCUT2D eigenvalue weighted by Gasteiger charge is 2.05. The van der Waals surface area contributed by atoms with Crippen LogP contribution in [0.5, 0.6) is 0 Å². The maximum atomic E-state index is 11.2. The fourth-order valence-electron chi connectivity index (χ4n) is 0.753. The summed E-state index contributed by atoms with van der Waals surface area (Å²) in [6, 6.07) is 3.39. The van der Waals surface area contributed by atoms with Gasteiger partial charge >= 0.3 is 0 Å². The molecule has 0 aromatic carbocycles. The fraction of sp³-hybridized carbons (Fsp3) is 0.400. The van der Waals surface area contributed by atoms with Gasteiger partial charge < -0.3 is 4.90 Å². The van der Waals surface area contributed by atoms with Crippen molar-refractivity contribution in [3.05, 3.63) is 30.1 Å². The van der Waals surface area contributed by atoms with Crippen LogP contribution in [0, 0.1) is 0 Å². The van der Waals surface area contributed by atoms with E-state index < -0.39 is 0 Å². The third-order valence-corrected chi connectivity index (χ3v) is 1.33. The molecule has 0 spiro atoms. The van der Waals surface area contributed by atoms with E-state index in [4.69, 9.17) is 0 Å². The van der Waals surface area contributed by atoms with E-state index in [1.807, 2.05) is 13.8 Å². The SMILES string of the molecule is CC.CN(C)C(=O)c1ccncc1. The van der Waals surface area contributed by atoms with Crippen molar-refractivity contribution in [1.82, 2.24) is 9.88 Å². The predicted molar refractivity (Wildman–Crippen MR) is 53.6 cm³/mol. The zero-order chi connectivity index (χ0) is 10.3. The van der Waals surface area contributed by atoms with Crippen molar-refractivity contribution < 1.29 is 4.79 Å². The van der Waals surface area contributed by atoms with Crippen molar-refractivity contribution in [2.75, 3.05) is 14.1 Å². The smallest absolute Gasteiger partial charge is 0.253 e. The standard InChI is InChI=1S/C8H10N2O.C2H6/c1-10(2)8(11)7-3-5-9-6-4-7;1-2/h3-6H,1-2H3;1-2H3. The zero-order valence-electron chi connectivity index (χ0n) is 8.61. The van der Waals surface area contributed by atoms with Gasteiger partial charge in [-0.2, -0.15) is 0 Å². The molecule has 0 aliphatic heterocycles. The molecule has 1 aromatic heterocycles. The monoisotopic (exact) mass is 180 g/mol. The van der Waals surface area contributed by atoms with Gasteiger partial charge in [0.1, 0.15) is 0 Å². The molecule has 0 aliphatic carbocycles. The third kappa shape index (κ3) is 3.69. The van der Waals surface area contributed by atoms with Gasteiger partial charge in [0.2, 0.25) is 0 Å². The van der Waals surface area contributed by atoms with Gasteiger partial charge in [0.15, 0.2) is 0 Å². The molecule has 1 aromatic rings. The number of amides is 1. The minimum Gasteiger partial charge on any atom is -0.345 e. The van der Waals surface area contributed by atoms with E-state index in [-0.39, 0.29) is 5.91 Å². The molecule has 72 valence electrons. The number of carbonyl (C=O) groups is 1. The topological polar surface area (TPSA) is 33.2 Å². The van der Waals surface area contributed by atoms with Gasteiger partial charge in [0, 0.05) is 32.1 Å². The Morgan fingerprint density at radius 2 is 1.69 bits per heavy atom. The van der Waals surface area contributed by atoms with E-state index in [9.17, 15) is 4.79 Å². The summed E-state index contributed by atoms with van der Waals surface area (Å²) in [6.07, 6.45) is 3.22. The largest absolute Gasteiger partial charge is 0.345 e. The molecule has 0 N–H and O–H groups in total. The van der Waals surface area contributed by atoms with Crippen LogP contribution in [-0.2, 0) is 0 Å². The first-order valence-electron chi connectivity index (χ1n) is 4.33. The van der Waals surface area contributed by atoms with Crippen LogP contribution in [-0.4, -0.2) is 29.9 Å². The summed E-state index contributed by atoms with van der Waals surface area (Å²) in [5, 5.41) is 0. The second kappa shape index (κ2) is 6.17. The molecule has 1 heterocycles. The number of hydrogen-bond donors (Lipinski definition) is 0. The van der Waals surface area contributed by atoms with Crippen molar-refractivity contribution in [3.8, 4) is 0 Å². The second-order valence-electron chi connectivity index (χ2n) is 2.44. The van der Waals surface area contributed by atoms with Gasteiger partial charge in [-0.25, -0.2) is 0 Å². The first-order valence-corrected chi connectivity index (χ1v) is 4.33. The predicted octanol–water partition coefficient (Wildman–Crippen LogP) is 1.81. The molecule has 0 saturated heterocycles. The molecule has 0 aliphatic rings. The van der Waals surface area contributed by atoms with Crippen LogP contribution in [0.25, 0.3) is 0 Å². The summed E-state index contributed by atoms with van der Waals surface area (Å²) < 4.78 is 0. The van der Waals surface area contributed by atoms with Crippen LogP contribution in [0.15, 0.2) is 24.5 Å². The molecular weight excluding hydrogens is 164 g/mol. The average molecular weight is 180 g/mol. The van der Waals surface area contributed by atoms with Gasteiger partial charge in [0.25, 0.3) is 5.91 Å². The minimum absolute atomic E-state index is 0.00685. The highest BCUT2D eigenvalue weighted by atomic mass is 16.2. The maximum absolute atomic E-state index is 11.2. The molecular formula is C10H16N2O. The Bertz CT molecular complexity index is 244. The molecule has 1 rings (SSSR count). The van der Waals surface area contributed by atoms with Crippen molar-refractivity contribution in [2.24, 2.45) is 0 Å². The Balaban J connectivity index is 0.000000671. The minimum atomic E-state index is 0.00685. The number of nitrogens with zero attached hydrogens (tertiary/aromatic N) is 2. The first kappa shape index (κ1) is 11.6. The second-order valence-corrected chi connectivity index (χ2v) is 2.44. The molecule has 0 atom stereocenters. The van der Waals surface area contributed by atoms with Crippen LogP contribution in [0.1, 0.15) is 24.2 Å². The van der Waals surface area contributed by atoms with Gasteiger partial charge in [-0.1, -0.05) is 13.8 Å². The molecule has 1 amide bonds. The molecule has 0 unspecified atom stereocenters. The Kier molecular flexibility index (Phi) is 5.52. The Morgan fingerprint density at radius 1 is 1.23 bits per heavy atom. The van der Waals surface area contributed by atoms with E-state index in [2.05, 4.69) is 4.98 Å². The van der Waals surface area contributed by atoms with Crippen molar-refractivity contribution in [3.63, 3.8) is 0 Å². The van der Waals surface area contributed by atoms with Gasteiger partial charge in [-0.05, 0) is 12.1 Å². The van der Waals surface area contributed by atoms with Crippen LogP contribution in [0.3, 0.4) is 0 Å². The Morgan fingerprint density at radius 3 is 2.08 bits per heavy atom. The number of rotatable bonds is 1. The molecule has 13 heavy (non-hydrogen) atoms. The Hall–Kier alpha value is -1.38. The lowest BCUT2D eigenvalue weighted by Gasteiger charge is -2.08. The summed E-state index contributed by atoms with van der Waals surface area (Å²) in [5.41, 5.74) is 0.671. The zero-order valence-corrected chi connectivity index (χ0v) is 8.61. The summed E-state index contributed by atoms with van der Waals surface area (Å²) in [7, 11) is 3.45. The van der Waals surface area contributed by atoms with Crippen molar-refractivity contribution in [2.45, 2.75) is 13.8 Å². The number of hydrogen-bond acceptors (Lipinski definition) is 2. The van der Waals surface area contributed by atoms with Gasteiger partial charge in [-0.15, -0.1) is 0 Å². The average Bonchev–Trinajstić information content (AvgIpc) is 2.21. The van der Waals surface area contributed by atoms with Crippen LogP contribution < -0.4 is 0 Å². The lowest BCUT2D eigenvalue weighted by Crippen LogP contribution is -2.21. The van der Waals surface area contributed by atoms with E-state index in [0.717, 1.165) is 0 Å². The third-order valence-electron chi connectivity index (χ3n) is 1.33. The number of carbonyl (C=O) groups excluding carboxylic acids is 1. The summed E-state index contributed by atoms with van der Waals surface area (Å²) in [5.74, 6) is 0.00685. The van der Waals surface area contributed by atoms with Crippen LogP contribution in [0.4, 0.5) is 0 Å². The highest BCUT2D eigenvalue weighted by molar-refractivity contribution is 5.93. The number of pyridine rings is 1. The van der Waals surface area contributed by atoms with Crippen molar-refractivity contribution in [1.29, 1.82) is 0 Å². The normalized spacial score (nSPS) is 8.31. The molecule has 0 bridgehead atoms. The van der Waals surface area contributed by atoms with E-state index >= 15 is 0 Å². The quantitative estimate of drug-likeness (QED) is 0.660. The lowest BCUT2D eigenvalue weighted by molar-refractivity contribution is 0.0827. The summed E-state index contributed by atoms with van der Waals surface area (Å²) >= 11 is 0. The Labute approximate surface area is 79.4 Å². The van der Waals surface area contributed by atoms with E-state index in [1.54, 1.807) is 38.6 Å². The fourth-order valence-corrected chi connectivity index (χ4v) is 0.753. The molecule has 3 nitrogen and oxygen atoms in total. The first-order chi connectivity index (χ1) is 6.22. The molecule has 0 fully saturated rings. The summed E-state index contributed by atoms with van der Waals surface area (Å²) in [4.78, 5) is 16.6. The van der Waals surface area contributed by atoms with Gasteiger partial charge in [0.05, 0.1) is 0 Å². The summed E-state index contributed by atoms with van der Waals surface area (Å²) in [6.45, 7) is 4.00. The van der Waals surface area contributed by atoms with E-state index in [1.165, 1.54) is 4.90 Å². The highest BCUT2D eigenvalue weighted by Crippen LogP contribution is 1.98. The molecule has 3 heteroatoms. The van der Waals surface area contributed by atoms with Crippen molar-refractivity contribution >= 4 is 5.91 Å². The van der Waals surface area contributed by atoms with E-state index in [0.29, 0.717) is 5.56 Å². The molecule has 0 saturated carbocycles. The van der Waals surface area contributed by atoms with Crippen LogP contribution in [0.2, 0.25) is 0 Å². The maximum Gasteiger partial charge on any atom is 0.253 e. The van der Waals surface area contributed by atoms with Crippen LogP contribution >= 0.6 is 0 Å². The van der Waals surface area contributed by atoms with Gasteiger partial charge in [-0.3, -0.25) is 9.78 Å². The molecule has 0 radical (unpaired) electrons.